The monoisotopic (exact) mass is 296 g/mol. The van der Waals surface area contributed by atoms with Crippen molar-refractivity contribution < 1.29 is 0 Å². The molecule has 4 heteroatoms. The Morgan fingerprint density at radius 1 is 1.19 bits per heavy atom. The van der Waals surface area contributed by atoms with Gasteiger partial charge in [-0.15, -0.1) is 0 Å². The lowest BCUT2D eigenvalue weighted by atomic mass is 9.97. The van der Waals surface area contributed by atoms with Crippen LogP contribution in [0.4, 0.5) is 0 Å². The fraction of sp³-hybridized carbons (Fsp3) is 0.941. The highest BCUT2D eigenvalue weighted by Gasteiger charge is 2.16. The standard InChI is InChI=1S/C17H36N4/c1-5-18-17(19-11-7-6-8-15(2)3)20-14-16-9-12-21(4)13-10-16/h15-16H,5-14H2,1-4H3,(H2,18,19,20). The molecule has 21 heavy (non-hydrogen) atoms. The van der Waals surface area contributed by atoms with Crippen LogP contribution in [0, 0.1) is 11.8 Å². The molecule has 1 rings (SSSR count). The van der Waals surface area contributed by atoms with E-state index in [0.29, 0.717) is 0 Å². The van der Waals surface area contributed by atoms with E-state index in [1.165, 1.54) is 45.2 Å². The molecule has 0 bridgehead atoms. The molecule has 1 heterocycles. The van der Waals surface area contributed by atoms with Crippen molar-refractivity contribution in [3.8, 4) is 0 Å². The van der Waals surface area contributed by atoms with Crippen LogP contribution in [-0.4, -0.2) is 50.6 Å². The molecule has 2 N–H and O–H groups in total. The molecule has 124 valence electrons. The number of unbranched alkanes of at least 4 members (excludes halogenated alkanes) is 1. The summed E-state index contributed by atoms with van der Waals surface area (Å²) < 4.78 is 0. The molecule has 0 aromatic carbocycles. The summed E-state index contributed by atoms with van der Waals surface area (Å²) in [6, 6.07) is 0. The quantitative estimate of drug-likeness (QED) is 0.411. The number of guanidine groups is 1. The Balaban J connectivity index is 2.22. The van der Waals surface area contributed by atoms with Crippen molar-refractivity contribution in [1.29, 1.82) is 0 Å². The second kappa shape index (κ2) is 10.9. The summed E-state index contributed by atoms with van der Waals surface area (Å²) in [6.45, 7) is 12.1. The van der Waals surface area contributed by atoms with Gasteiger partial charge in [0.15, 0.2) is 5.96 Å². The number of nitrogens with zero attached hydrogens (tertiary/aromatic N) is 2. The number of likely N-dealkylation sites (tertiary alicyclic amines) is 1. The Labute approximate surface area is 131 Å². The van der Waals surface area contributed by atoms with Crippen LogP contribution in [0.15, 0.2) is 4.99 Å². The summed E-state index contributed by atoms with van der Waals surface area (Å²) in [5, 5.41) is 6.83. The predicted molar refractivity (Wildman–Crippen MR) is 92.9 cm³/mol. The number of hydrogen-bond acceptors (Lipinski definition) is 2. The first kappa shape index (κ1) is 18.3. The second-order valence-electron chi connectivity index (χ2n) is 6.78. The fourth-order valence-electron chi connectivity index (χ4n) is 2.69. The fourth-order valence-corrected chi connectivity index (χ4v) is 2.69. The zero-order chi connectivity index (χ0) is 15.5. The van der Waals surface area contributed by atoms with Gasteiger partial charge in [-0.25, -0.2) is 0 Å². The van der Waals surface area contributed by atoms with Crippen LogP contribution in [0.25, 0.3) is 0 Å². The van der Waals surface area contributed by atoms with Gasteiger partial charge in [0.1, 0.15) is 0 Å². The van der Waals surface area contributed by atoms with Crippen molar-refractivity contribution in [3.05, 3.63) is 0 Å². The highest BCUT2D eigenvalue weighted by Crippen LogP contribution is 2.15. The van der Waals surface area contributed by atoms with E-state index in [-0.39, 0.29) is 0 Å². The van der Waals surface area contributed by atoms with E-state index in [2.05, 4.69) is 43.4 Å². The third kappa shape index (κ3) is 8.97. The first-order valence-electron chi connectivity index (χ1n) is 8.82. The summed E-state index contributed by atoms with van der Waals surface area (Å²) in [6.07, 6.45) is 6.43. The van der Waals surface area contributed by atoms with Crippen LogP contribution < -0.4 is 10.6 Å². The Hall–Kier alpha value is -0.770. The van der Waals surface area contributed by atoms with E-state index >= 15 is 0 Å². The minimum absolute atomic E-state index is 0.762. The van der Waals surface area contributed by atoms with Crippen molar-refractivity contribution in [3.63, 3.8) is 0 Å². The third-order valence-corrected chi connectivity index (χ3v) is 4.19. The minimum Gasteiger partial charge on any atom is -0.357 e. The molecule has 0 aliphatic carbocycles. The van der Waals surface area contributed by atoms with E-state index in [0.717, 1.165) is 37.4 Å². The largest absolute Gasteiger partial charge is 0.357 e. The Bertz CT molecular complexity index is 281. The molecule has 4 nitrogen and oxygen atoms in total. The van der Waals surface area contributed by atoms with E-state index in [1.807, 2.05) is 0 Å². The van der Waals surface area contributed by atoms with Gasteiger partial charge in [0.05, 0.1) is 0 Å². The molecule has 0 atom stereocenters. The SMILES string of the molecule is CCNC(=NCC1CCN(C)CC1)NCCCCC(C)C. The van der Waals surface area contributed by atoms with Gasteiger partial charge in [0.25, 0.3) is 0 Å². The third-order valence-electron chi connectivity index (χ3n) is 4.19. The van der Waals surface area contributed by atoms with Gasteiger partial charge >= 0.3 is 0 Å². The molecule has 1 saturated heterocycles. The molecule has 1 aliphatic heterocycles. The van der Waals surface area contributed by atoms with Crippen LogP contribution in [0.5, 0.6) is 0 Å². The molecular formula is C17H36N4. The van der Waals surface area contributed by atoms with Crippen molar-refractivity contribution >= 4 is 5.96 Å². The van der Waals surface area contributed by atoms with Gasteiger partial charge < -0.3 is 15.5 Å². The molecule has 0 amide bonds. The number of piperidine rings is 1. The topological polar surface area (TPSA) is 39.7 Å². The Kier molecular flexibility index (Phi) is 9.48. The lowest BCUT2D eigenvalue weighted by Gasteiger charge is -2.28. The van der Waals surface area contributed by atoms with Crippen LogP contribution in [0.2, 0.25) is 0 Å². The van der Waals surface area contributed by atoms with Crippen LogP contribution in [-0.2, 0) is 0 Å². The maximum Gasteiger partial charge on any atom is 0.191 e. The maximum atomic E-state index is 4.77. The number of aliphatic imine (C=N–C) groups is 1. The van der Waals surface area contributed by atoms with E-state index in [1.54, 1.807) is 0 Å². The predicted octanol–water partition coefficient (Wildman–Crippen LogP) is 2.71. The number of hydrogen-bond donors (Lipinski definition) is 2. The van der Waals surface area contributed by atoms with Crippen molar-refractivity contribution in [2.45, 2.75) is 52.9 Å². The van der Waals surface area contributed by atoms with Crippen molar-refractivity contribution in [1.82, 2.24) is 15.5 Å². The van der Waals surface area contributed by atoms with Gasteiger partial charge in [-0.2, -0.15) is 0 Å². The summed E-state index contributed by atoms with van der Waals surface area (Å²) >= 11 is 0. The zero-order valence-corrected chi connectivity index (χ0v) is 14.6. The Morgan fingerprint density at radius 3 is 2.52 bits per heavy atom. The van der Waals surface area contributed by atoms with Crippen molar-refractivity contribution in [2.24, 2.45) is 16.8 Å². The second-order valence-corrected chi connectivity index (χ2v) is 6.78. The first-order valence-corrected chi connectivity index (χ1v) is 8.82. The lowest BCUT2D eigenvalue weighted by Crippen LogP contribution is -2.38. The zero-order valence-electron chi connectivity index (χ0n) is 14.6. The molecule has 1 fully saturated rings. The molecule has 0 saturated carbocycles. The van der Waals surface area contributed by atoms with Gasteiger partial charge in [0, 0.05) is 19.6 Å². The number of rotatable bonds is 8. The van der Waals surface area contributed by atoms with Crippen LogP contribution in [0.3, 0.4) is 0 Å². The molecule has 1 aliphatic rings. The molecule has 0 spiro atoms. The van der Waals surface area contributed by atoms with Crippen molar-refractivity contribution in [2.75, 3.05) is 39.8 Å². The summed E-state index contributed by atoms with van der Waals surface area (Å²) in [5.74, 6) is 2.58. The van der Waals surface area contributed by atoms with E-state index in [9.17, 15) is 0 Å². The highest BCUT2D eigenvalue weighted by atomic mass is 15.2. The van der Waals surface area contributed by atoms with E-state index < -0.39 is 0 Å². The smallest absolute Gasteiger partial charge is 0.191 e. The molecule has 0 aromatic heterocycles. The number of nitrogens with one attached hydrogen (secondary N) is 2. The lowest BCUT2D eigenvalue weighted by molar-refractivity contribution is 0.223. The van der Waals surface area contributed by atoms with Crippen LogP contribution in [0.1, 0.15) is 52.9 Å². The van der Waals surface area contributed by atoms with Crippen LogP contribution >= 0.6 is 0 Å². The maximum absolute atomic E-state index is 4.77. The molecule has 0 unspecified atom stereocenters. The Morgan fingerprint density at radius 2 is 1.90 bits per heavy atom. The highest BCUT2D eigenvalue weighted by molar-refractivity contribution is 5.79. The van der Waals surface area contributed by atoms with E-state index in [4.69, 9.17) is 4.99 Å². The normalized spacial score (nSPS) is 18.2. The molecular weight excluding hydrogens is 260 g/mol. The minimum atomic E-state index is 0.762. The van der Waals surface area contributed by atoms with Gasteiger partial charge in [0.2, 0.25) is 0 Å². The van der Waals surface area contributed by atoms with Gasteiger partial charge in [-0.05, 0) is 58.2 Å². The first-order chi connectivity index (χ1) is 10.1. The average Bonchev–Trinajstić information content (AvgIpc) is 2.45. The van der Waals surface area contributed by atoms with Gasteiger partial charge in [-0.3, -0.25) is 4.99 Å². The molecule has 0 aromatic rings. The summed E-state index contributed by atoms with van der Waals surface area (Å²) in [4.78, 5) is 7.19. The average molecular weight is 297 g/mol. The summed E-state index contributed by atoms with van der Waals surface area (Å²) in [7, 11) is 2.21. The summed E-state index contributed by atoms with van der Waals surface area (Å²) in [5.41, 5.74) is 0. The van der Waals surface area contributed by atoms with Gasteiger partial charge in [-0.1, -0.05) is 26.7 Å². The molecule has 0 radical (unpaired) electrons.